The van der Waals surface area contributed by atoms with E-state index in [1.54, 1.807) is 0 Å². The number of carbonyl (C=O) groups excluding carboxylic acids is 1. The lowest BCUT2D eigenvalue weighted by molar-refractivity contribution is -0.148. The fraction of sp³-hybridized carbons (Fsp3) is 0.875. The second-order valence-corrected chi connectivity index (χ2v) is 7.90. The highest BCUT2D eigenvalue weighted by atomic mass is 127. The van der Waals surface area contributed by atoms with Crippen molar-refractivity contribution in [2.24, 2.45) is 17.8 Å². The van der Waals surface area contributed by atoms with E-state index in [0.717, 1.165) is 19.3 Å². The number of alkyl halides is 1. The van der Waals surface area contributed by atoms with E-state index in [4.69, 9.17) is 5.11 Å². The van der Waals surface area contributed by atoms with Crippen molar-refractivity contribution >= 4 is 34.5 Å². The molecule has 1 fully saturated rings. The first-order valence-electron chi connectivity index (χ1n) is 8.35. The number of aliphatic carboxylic acids is 1. The van der Waals surface area contributed by atoms with E-state index in [9.17, 15) is 19.8 Å². The lowest BCUT2D eigenvalue weighted by Crippen LogP contribution is -2.42. The normalized spacial score (nSPS) is 25.4. The Hall–Kier alpha value is -0.410. The standard InChI is InChI=1S/C16H28INO5/c1-2-10(7-11(20)9-19)8-14(17)18-15(21)12-5-3-4-6-13(12)16(22)23/h10-14,19-20H,2-9H2,1H3,(H,18,21)(H,22,23). The van der Waals surface area contributed by atoms with E-state index < -0.39 is 23.9 Å². The van der Waals surface area contributed by atoms with Crippen LogP contribution in [0.25, 0.3) is 0 Å². The molecule has 134 valence electrons. The van der Waals surface area contributed by atoms with Crippen LogP contribution in [0.4, 0.5) is 0 Å². The Kier molecular flexibility index (Phi) is 9.38. The van der Waals surface area contributed by atoms with Crippen molar-refractivity contribution in [1.82, 2.24) is 5.32 Å². The molecule has 1 rings (SSSR count). The van der Waals surface area contributed by atoms with Crippen LogP contribution < -0.4 is 5.32 Å². The van der Waals surface area contributed by atoms with Gasteiger partial charge in [-0.1, -0.05) is 48.8 Å². The molecule has 1 saturated carbocycles. The van der Waals surface area contributed by atoms with Crippen LogP contribution in [0.1, 0.15) is 51.9 Å². The summed E-state index contributed by atoms with van der Waals surface area (Å²) >= 11 is 2.15. The van der Waals surface area contributed by atoms with Crippen LogP contribution in [-0.4, -0.2) is 44.0 Å². The molecule has 5 unspecified atom stereocenters. The molecule has 4 N–H and O–H groups in total. The molecule has 1 aliphatic rings. The zero-order valence-corrected chi connectivity index (χ0v) is 15.7. The molecule has 0 radical (unpaired) electrons. The molecule has 0 aromatic heterocycles. The molecule has 0 spiro atoms. The Morgan fingerprint density at radius 2 is 1.83 bits per heavy atom. The lowest BCUT2D eigenvalue weighted by Gasteiger charge is -2.29. The maximum Gasteiger partial charge on any atom is 0.307 e. The molecular weight excluding hydrogens is 413 g/mol. The minimum atomic E-state index is -0.882. The molecule has 6 nitrogen and oxygen atoms in total. The van der Waals surface area contributed by atoms with Gasteiger partial charge in [-0.05, 0) is 31.6 Å². The summed E-state index contributed by atoms with van der Waals surface area (Å²) in [6.45, 7) is 1.76. The van der Waals surface area contributed by atoms with Gasteiger partial charge in [0.25, 0.3) is 0 Å². The number of amides is 1. The summed E-state index contributed by atoms with van der Waals surface area (Å²) < 4.78 is -0.104. The van der Waals surface area contributed by atoms with Crippen LogP contribution in [0.3, 0.4) is 0 Å². The van der Waals surface area contributed by atoms with Crippen molar-refractivity contribution in [1.29, 1.82) is 0 Å². The molecule has 0 aromatic carbocycles. The highest BCUT2D eigenvalue weighted by Gasteiger charge is 2.36. The number of carboxylic acids is 1. The molecule has 5 atom stereocenters. The summed E-state index contributed by atoms with van der Waals surface area (Å²) in [6, 6.07) is 0. The SMILES string of the molecule is CCC(CC(O)CO)CC(I)NC(=O)C1CCCCC1C(=O)O. The number of nitrogens with one attached hydrogen (secondary N) is 1. The number of carboxylic acid groups (broad SMARTS) is 1. The minimum Gasteiger partial charge on any atom is -0.481 e. The number of hydrogen-bond acceptors (Lipinski definition) is 4. The zero-order valence-electron chi connectivity index (χ0n) is 13.6. The molecule has 0 aromatic rings. The van der Waals surface area contributed by atoms with Crippen LogP contribution in [-0.2, 0) is 9.59 Å². The smallest absolute Gasteiger partial charge is 0.307 e. The largest absolute Gasteiger partial charge is 0.481 e. The number of aliphatic hydroxyl groups is 2. The van der Waals surface area contributed by atoms with E-state index in [2.05, 4.69) is 27.9 Å². The summed E-state index contributed by atoms with van der Waals surface area (Å²) in [5, 5.41) is 30.7. The Morgan fingerprint density at radius 1 is 1.22 bits per heavy atom. The second kappa shape index (κ2) is 10.5. The van der Waals surface area contributed by atoms with E-state index in [-0.39, 0.29) is 22.5 Å². The number of hydrogen-bond donors (Lipinski definition) is 4. The molecule has 1 amide bonds. The van der Waals surface area contributed by atoms with Crippen molar-refractivity contribution in [3.8, 4) is 0 Å². The number of halogens is 1. The van der Waals surface area contributed by atoms with Crippen LogP contribution in [0.15, 0.2) is 0 Å². The highest BCUT2D eigenvalue weighted by Crippen LogP contribution is 2.31. The maximum absolute atomic E-state index is 12.4. The Balaban J connectivity index is 2.52. The van der Waals surface area contributed by atoms with Crippen LogP contribution in [0.5, 0.6) is 0 Å². The third-order valence-corrected chi connectivity index (χ3v) is 5.47. The van der Waals surface area contributed by atoms with Gasteiger partial charge >= 0.3 is 5.97 Å². The van der Waals surface area contributed by atoms with E-state index in [1.165, 1.54) is 0 Å². The molecule has 0 aliphatic heterocycles. The topological polar surface area (TPSA) is 107 Å². The van der Waals surface area contributed by atoms with Gasteiger partial charge in [-0.25, -0.2) is 0 Å². The van der Waals surface area contributed by atoms with Crippen LogP contribution >= 0.6 is 22.6 Å². The Bertz CT molecular complexity index is 393. The molecule has 0 saturated heterocycles. The van der Waals surface area contributed by atoms with E-state index in [1.807, 2.05) is 6.92 Å². The van der Waals surface area contributed by atoms with Gasteiger partial charge in [0.2, 0.25) is 5.91 Å². The fourth-order valence-electron chi connectivity index (χ4n) is 3.24. The van der Waals surface area contributed by atoms with Gasteiger partial charge < -0.3 is 20.6 Å². The number of aliphatic hydroxyl groups excluding tert-OH is 2. The molecule has 7 heteroatoms. The van der Waals surface area contributed by atoms with Crippen LogP contribution in [0.2, 0.25) is 0 Å². The summed E-state index contributed by atoms with van der Waals surface area (Å²) in [4.78, 5) is 23.7. The van der Waals surface area contributed by atoms with Gasteiger partial charge in [-0.3, -0.25) is 9.59 Å². The predicted molar refractivity (Wildman–Crippen MR) is 95.1 cm³/mol. The summed E-state index contributed by atoms with van der Waals surface area (Å²) in [5.74, 6) is -1.87. The van der Waals surface area contributed by atoms with Crippen molar-refractivity contribution < 1.29 is 24.9 Å². The zero-order chi connectivity index (χ0) is 17.4. The van der Waals surface area contributed by atoms with Gasteiger partial charge in [0.15, 0.2) is 0 Å². The Labute approximate surface area is 151 Å². The highest BCUT2D eigenvalue weighted by molar-refractivity contribution is 14.1. The molecule has 0 heterocycles. The van der Waals surface area contributed by atoms with Gasteiger partial charge in [-0.15, -0.1) is 0 Å². The molecule has 1 aliphatic carbocycles. The number of rotatable bonds is 9. The maximum atomic E-state index is 12.4. The summed E-state index contributed by atoms with van der Waals surface area (Å²) in [6.07, 6.45) is 4.29. The van der Waals surface area contributed by atoms with Crippen molar-refractivity contribution in [2.45, 2.75) is 62.0 Å². The lowest BCUT2D eigenvalue weighted by atomic mass is 9.78. The first-order chi connectivity index (χ1) is 10.9. The summed E-state index contributed by atoms with van der Waals surface area (Å²) in [5.41, 5.74) is 0. The first-order valence-corrected chi connectivity index (χ1v) is 9.59. The van der Waals surface area contributed by atoms with E-state index >= 15 is 0 Å². The first kappa shape index (κ1) is 20.6. The summed E-state index contributed by atoms with van der Waals surface area (Å²) in [7, 11) is 0. The van der Waals surface area contributed by atoms with Gasteiger partial charge in [0.1, 0.15) is 0 Å². The third-order valence-electron chi connectivity index (χ3n) is 4.65. The second-order valence-electron chi connectivity index (χ2n) is 6.39. The number of carbonyl (C=O) groups is 2. The van der Waals surface area contributed by atoms with E-state index in [0.29, 0.717) is 25.7 Å². The van der Waals surface area contributed by atoms with Crippen molar-refractivity contribution in [3.05, 3.63) is 0 Å². The third kappa shape index (κ3) is 6.93. The van der Waals surface area contributed by atoms with Gasteiger partial charge in [0, 0.05) is 0 Å². The quantitative estimate of drug-likeness (QED) is 0.249. The monoisotopic (exact) mass is 441 g/mol. The molecule has 0 bridgehead atoms. The van der Waals surface area contributed by atoms with Gasteiger partial charge in [0.05, 0.1) is 28.6 Å². The van der Waals surface area contributed by atoms with Crippen molar-refractivity contribution in [3.63, 3.8) is 0 Å². The Morgan fingerprint density at radius 3 is 2.35 bits per heavy atom. The fourth-order valence-corrected chi connectivity index (χ4v) is 4.27. The average molecular weight is 441 g/mol. The molecular formula is C16H28INO5. The minimum absolute atomic E-state index is 0.104. The predicted octanol–water partition coefficient (Wildman–Crippen LogP) is 1.91. The van der Waals surface area contributed by atoms with Crippen LogP contribution in [0, 0.1) is 17.8 Å². The molecule has 23 heavy (non-hydrogen) atoms. The average Bonchev–Trinajstić information content (AvgIpc) is 2.53. The van der Waals surface area contributed by atoms with Gasteiger partial charge in [-0.2, -0.15) is 0 Å². The van der Waals surface area contributed by atoms with Crippen molar-refractivity contribution in [2.75, 3.05) is 6.61 Å².